The van der Waals surface area contributed by atoms with Gasteiger partial charge in [-0.2, -0.15) is 0 Å². The van der Waals surface area contributed by atoms with Gasteiger partial charge in [0.1, 0.15) is 11.2 Å². The van der Waals surface area contributed by atoms with Crippen molar-refractivity contribution in [3.8, 4) is 11.1 Å². The summed E-state index contributed by atoms with van der Waals surface area (Å²) in [5, 5.41) is 7.31. The fraction of sp³-hybridized carbons (Fsp3) is 0.0476. The minimum Gasteiger partial charge on any atom is -0.455 e. The van der Waals surface area contributed by atoms with Gasteiger partial charge >= 0.3 is 0 Å². The summed E-state index contributed by atoms with van der Waals surface area (Å²) in [6.07, 6.45) is 9.21. The van der Waals surface area contributed by atoms with Crippen LogP contribution in [0.4, 0.5) is 0 Å². The molecule has 0 N–H and O–H groups in total. The standard InChI is InChI=1S/C42H28O/c1-2-11-27(12-3-1)29-14-10-15-30(25-29)40-33-17-6-8-19-35(33)41(36-20-9-7-18-34(36)40)31-22-24-39-38(26-31)37-23-21-28-13-4-5-16-32(28)42(37)43-39/h1-26,33,35H. The Labute approximate surface area is 250 Å². The van der Waals surface area contributed by atoms with E-state index >= 15 is 0 Å². The molecule has 1 heterocycles. The molecule has 1 aromatic heterocycles. The summed E-state index contributed by atoms with van der Waals surface area (Å²) in [6, 6.07) is 48.4. The number of hydrogen-bond acceptors (Lipinski definition) is 1. The Balaban J connectivity index is 1.32. The second-order valence-electron chi connectivity index (χ2n) is 11.6. The molecule has 202 valence electrons. The van der Waals surface area contributed by atoms with Gasteiger partial charge in [-0.25, -0.2) is 0 Å². The number of fused-ring (bicyclic) bond motifs is 7. The molecular weight excluding hydrogens is 520 g/mol. The van der Waals surface area contributed by atoms with Gasteiger partial charge in [-0.15, -0.1) is 0 Å². The third kappa shape index (κ3) is 3.78. The molecule has 0 bridgehead atoms. The van der Waals surface area contributed by atoms with Crippen LogP contribution in [0.15, 0.2) is 162 Å². The van der Waals surface area contributed by atoms with Crippen LogP contribution in [0.3, 0.4) is 0 Å². The maximum atomic E-state index is 6.47. The zero-order chi connectivity index (χ0) is 28.3. The van der Waals surface area contributed by atoms with Gasteiger partial charge in [0.2, 0.25) is 0 Å². The highest BCUT2D eigenvalue weighted by molar-refractivity contribution is 6.15. The summed E-state index contributed by atoms with van der Waals surface area (Å²) in [6.45, 7) is 0. The van der Waals surface area contributed by atoms with Gasteiger partial charge in [0, 0.05) is 28.0 Å². The van der Waals surface area contributed by atoms with E-state index in [4.69, 9.17) is 4.42 Å². The molecule has 2 aliphatic carbocycles. The minimum atomic E-state index is 0.228. The van der Waals surface area contributed by atoms with E-state index in [1.54, 1.807) is 0 Å². The van der Waals surface area contributed by atoms with Gasteiger partial charge in [-0.1, -0.05) is 133 Å². The molecule has 0 spiro atoms. The van der Waals surface area contributed by atoms with Crippen molar-refractivity contribution >= 4 is 43.9 Å². The molecular formula is C42H28O. The summed E-state index contributed by atoms with van der Waals surface area (Å²) in [7, 11) is 0. The van der Waals surface area contributed by atoms with Gasteiger partial charge in [0.05, 0.1) is 0 Å². The Bertz CT molecular complexity index is 2400. The van der Waals surface area contributed by atoms with E-state index in [0.29, 0.717) is 0 Å². The lowest BCUT2D eigenvalue weighted by atomic mass is 9.70. The van der Waals surface area contributed by atoms with Crippen LogP contribution < -0.4 is 10.4 Å². The maximum absolute atomic E-state index is 6.47. The van der Waals surface area contributed by atoms with Crippen molar-refractivity contribution in [2.24, 2.45) is 11.8 Å². The second-order valence-corrected chi connectivity index (χ2v) is 11.6. The lowest BCUT2D eigenvalue weighted by Crippen LogP contribution is -2.40. The van der Waals surface area contributed by atoms with E-state index in [1.807, 2.05) is 0 Å². The van der Waals surface area contributed by atoms with Crippen molar-refractivity contribution in [2.45, 2.75) is 0 Å². The molecule has 7 aromatic rings. The van der Waals surface area contributed by atoms with Crippen LogP contribution in [-0.2, 0) is 0 Å². The van der Waals surface area contributed by atoms with Crippen LogP contribution >= 0.6 is 0 Å². The molecule has 2 aliphatic rings. The minimum absolute atomic E-state index is 0.228. The first-order valence-electron chi connectivity index (χ1n) is 15.0. The third-order valence-corrected chi connectivity index (χ3v) is 9.26. The van der Waals surface area contributed by atoms with Crippen molar-refractivity contribution in [3.05, 3.63) is 179 Å². The van der Waals surface area contributed by atoms with E-state index in [2.05, 4.69) is 158 Å². The zero-order valence-electron chi connectivity index (χ0n) is 23.6. The van der Waals surface area contributed by atoms with E-state index in [9.17, 15) is 0 Å². The predicted octanol–water partition coefficient (Wildman–Crippen LogP) is 9.18. The van der Waals surface area contributed by atoms with Crippen LogP contribution in [-0.4, -0.2) is 0 Å². The van der Waals surface area contributed by atoms with Crippen molar-refractivity contribution < 1.29 is 4.42 Å². The molecule has 1 heteroatoms. The molecule has 0 saturated heterocycles. The molecule has 0 radical (unpaired) electrons. The summed E-state index contributed by atoms with van der Waals surface area (Å²) in [5.41, 5.74) is 9.69. The third-order valence-electron chi connectivity index (χ3n) is 9.26. The Morgan fingerprint density at radius 1 is 0.419 bits per heavy atom. The Kier molecular flexibility index (Phi) is 5.39. The SMILES string of the molecule is C1=CC2C(c3cccc(-c4ccccc4)c3)=c3ccccc3=C(c3ccc4oc5c6ccccc6ccc5c4c3)C2C=C1. The highest BCUT2D eigenvalue weighted by Crippen LogP contribution is 2.42. The van der Waals surface area contributed by atoms with Crippen LogP contribution in [0, 0.1) is 11.8 Å². The largest absolute Gasteiger partial charge is 0.455 e. The molecule has 6 aromatic carbocycles. The number of benzene rings is 6. The number of rotatable bonds is 3. The molecule has 2 unspecified atom stereocenters. The number of furan rings is 1. The first kappa shape index (κ1) is 24.2. The smallest absolute Gasteiger partial charge is 0.143 e. The molecule has 1 nitrogen and oxygen atoms in total. The van der Waals surface area contributed by atoms with Crippen molar-refractivity contribution in [1.82, 2.24) is 0 Å². The Morgan fingerprint density at radius 3 is 1.86 bits per heavy atom. The van der Waals surface area contributed by atoms with Crippen molar-refractivity contribution in [2.75, 3.05) is 0 Å². The van der Waals surface area contributed by atoms with Gasteiger partial charge in [-0.3, -0.25) is 0 Å². The van der Waals surface area contributed by atoms with E-state index < -0.39 is 0 Å². The lowest BCUT2D eigenvalue weighted by Gasteiger charge is -2.33. The predicted molar refractivity (Wildman–Crippen MR) is 179 cm³/mol. The highest BCUT2D eigenvalue weighted by atomic mass is 16.3. The lowest BCUT2D eigenvalue weighted by molar-refractivity contribution is 0.672. The zero-order valence-corrected chi connectivity index (χ0v) is 23.6. The van der Waals surface area contributed by atoms with Gasteiger partial charge in [0.15, 0.2) is 0 Å². The Morgan fingerprint density at radius 2 is 1.07 bits per heavy atom. The summed E-state index contributed by atoms with van der Waals surface area (Å²) in [4.78, 5) is 0. The molecule has 0 saturated carbocycles. The summed E-state index contributed by atoms with van der Waals surface area (Å²) >= 11 is 0. The normalized spacial score (nSPS) is 17.5. The average Bonchev–Trinajstić information content (AvgIpc) is 3.46. The first-order chi connectivity index (χ1) is 21.3. The van der Waals surface area contributed by atoms with E-state index in [-0.39, 0.29) is 11.8 Å². The van der Waals surface area contributed by atoms with Crippen LogP contribution in [0.25, 0.3) is 55.0 Å². The van der Waals surface area contributed by atoms with Crippen molar-refractivity contribution in [3.63, 3.8) is 0 Å². The summed E-state index contributed by atoms with van der Waals surface area (Å²) < 4.78 is 6.47. The monoisotopic (exact) mass is 548 g/mol. The van der Waals surface area contributed by atoms with E-state index in [0.717, 1.165) is 16.6 Å². The fourth-order valence-electron chi connectivity index (χ4n) is 7.34. The van der Waals surface area contributed by atoms with Gasteiger partial charge in [-0.05, 0) is 73.5 Å². The molecule has 0 aliphatic heterocycles. The van der Waals surface area contributed by atoms with E-state index in [1.165, 1.54) is 60.0 Å². The fourth-order valence-corrected chi connectivity index (χ4v) is 7.34. The molecule has 0 fully saturated rings. The number of hydrogen-bond donors (Lipinski definition) is 0. The quantitative estimate of drug-likeness (QED) is 0.215. The summed E-state index contributed by atoms with van der Waals surface area (Å²) in [5.74, 6) is 0.466. The maximum Gasteiger partial charge on any atom is 0.143 e. The second kappa shape index (κ2) is 9.58. The highest BCUT2D eigenvalue weighted by Gasteiger charge is 2.32. The van der Waals surface area contributed by atoms with Crippen LogP contribution in [0.2, 0.25) is 0 Å². The van der Waals surface area contributed by atoms with Gasteiger partial charge < -0.3 is 4.42 Å². The first-order valence-corrected chi connectivity index (χ1v) is 15.0. The molecule has 43 heavy (non-hydrogen) atoms. The van der Waals surface area contributed by atoms with Crippen LogP contribution in [0.1, 0.15) is 11.1 Å². The topological polar surface area (TPSA) is 13.1 Å². The molecule has 2 atom stereocenters. The van der Waals surface area contributed by atoms with Gasteiger partial charge in [0.25, 0.3) is 0 Å². The van der Waals surface area contributed by atoms with Crippen LogP contribution in [0.5, 0.6) is 0 Å². The van der Waals surface area contributed by atoms with Crippen molar-refractivity contribution in [1.29, 1.82) is 0 Å². The molecule has 0 amide bonds. The molecule has 9 rings (SSSR count). The number of allylic oxidation sites excluding steroid dienone is 4. The Hall–Kier alpha value is -5.40. The average molecular weight is 549 g/mol.